The van der Waals surface area contributed by atoms with Crippen LogP contribution in [0.3, 0.4) is 0 Å². The van der Waals surface area contributed by atoms with E-state index in [0.717, 1.165) is 18.4 Å². The number of ether oxygens (including phenoxy) is 5. The number of hydrogen-bond donors (Lipinski definition) is 2. The average Bonchev–Trinajstić information content (AvgIpc) is 3.47. The highest BCUT2D eigenvalue weighted by Gasteiger charge is 2.49. The summed E-state index contributed by atoms with van der Waals surface area (Å²) in [5.41, 5.74) is 12.4. The molecule has 13 heteroatoms. The van der Waals surface area contributed by atoms with Crippen LogP contribution < -0.4 is 16.0 Å². The predicted molar refractivity (Wildman–Crippen MR) is 175 cm³/mol. The van der Waals surface area contributed by atoms with E-state index in [1.807, 2.05) is 49.9 Å². The molecule has 0 aromatic carbocycles. The number of rotatable bonds is 8. The maximum Gasteiger partial charge on any atom is 0.305 e. The number of pyridine rings is 2. The smallest absolute Gasteiger partial charge is 0.305 e. The zero-order valence-electron chi connectivity index (χ0n) is 28.6. The molecule has 0 saturated carbocycles. The van der Waals surface area contributed by atoms with Crippen LogP contribution in [-0.2, 0) is 38.1 Å². The first-order valence-corrected chi connectivity index (χ1v) is 15.2. The fourth-order valence-electron chi connectivity index (χ4n) is 5.18. The van der Waals surface area contributed by atoms with Crippen molar-refractivity contribution in [2.75, 3.05) is 0 Å². The minimum atomic E-state index is -0.777. The predicted octanol–water partition coefficient (Wildman–Crippen LogP) is 3.91. The summed E-state index contributed by atoms with van der Waals surface area (Å²) in [7, 11) is 0. The number of nitrogens with zero attached hydrogens (tertiary/aromatic N) is 2. The topological polar surface area (TPSA) is 183 Å². The molecule has 0 unspecified atom stereocenters. The van der Waals surface area contributed by atoms with Crippen LogP contribution in [0.5, 0.6) is 0 Å². The monoisotopic (exact) mass is 661 g/mol. The molecule has 2 saturated heterocycles. The molecular weight excluding hydrogens is 608 g/mol. The minimum absolute atomic E-state index is 0. The molecule has 4 rings (SSSR count). The zero-order valence-corrected chi connectivity index (χ0v) is 28.6. The molecule has 2 aliphatic heterocycles. The van der Waals surface area contributed by atoms with Crippen molar-refractivity contribution < 1.29 is 48.9 Å². The van der Waals surface area contributed by atoms with E-state index in [4.69, 9.17) is 35.2 Å². The van der Waals surface area contributed by atoms with E-state index >= 15 is 0 Å². The van der Waals surface area contributed by atoms with Gasteiger partial charge in [0.05, 0.1) is 23.3 Å². The van der Waals surface area contributed by atoms with Crippen LogP contribution in [0, 0.1) is 19.3 Å². The highest BCUT2D eigenvalue weighted by molar-refractivity contribution is 5.92. The maximum atomic E-state index is 11.4. The number of aromatic nitrogens is 2. The van der Waals surface area contributed by atoms with Crippen molar-refractivity contribution in [2.24, 2.45) is 23.3 Å². The molecular formula is C34H52N4O9. The van der Waals surface area contributed by atoms with Gasteiger partial charge in [-0.1, -0.05) is 34.3 Å². The largest absolute Gasteiger partial charge is 0.455 e. The van der Waals surface area contributed by atoms with Crippen LogP contribution >= 0.6 is 0 Å². The second-order valence-electron chi connectivity index (χ2n) is 11.1. The fourth-order valence-corrected chi connectivity index (χ4v) is 5.18. The van der Waals surface area contributed by atoms with Crippen molar-refractivity contribution >= 4 is 29.5 Å². The summed E-state index contributed by atoms with van der Waals surface area (Å²) in [6.07, 6.45) is 6.53. The van der Waals surface area contributed by atoms with Gasteiger partial charge >= 0.3 is 24.1 Å². The van der Waals surface area contributed by atoms with E-state index < -0.39 is 30.2 Å². The third kappa shape index (κ3) is 12.1. The summed E-state index contributed by atoms with van der Waals surface area (Å²) in [6.45, 7) is 15.8. The Morgan fingerprint density at radius 2 is 1.40 bits per heavy atom. The second-order valence-corrected chi connectivity index (χ2v) is 11.1. The average molecular weight is 662 g/mol. The number of esters is 3. The lowest BCUT2D eigenvalue weighted by Crippen LogP contribution is -2.46. The second kappa shape index (κ2) is 19.3. The van der Waals surface area contributed by atoms with E-state index in [0.29, 0.717) is 11.3 Å². The summed E-state index contributed by atoms with van der Waals surface area (Å²) < 4.78 is 29.1. The molecule has 47 heavy (non-hydrogen) atoms. The van der Waals surface area contributed by atoms with Crippen molar-refractivity contribution in [3.63, 3.8) is 0 Å². The van der Waals surface area contributed by atoms with Crippen LogP contribution in [-0.4, -0.2) is 59.5 Å². The van der Waals surface area contributed by atoms with E-state index in [9.17, 15) is 19.2 Å². The lowest BCUT2D eigenvalue weighted by molar-refractivity contribution is -0.765. The number of nitrogens with two attached hydrogens (primary N) is 2. The molecule has 1 amide bonds. The Morgan fingerprint density at radius 3 is 1.87 bits per heavy atom. The summed E-state index contributed by atoms with van der Waals surface area (Å²) in [5.74, 6) is -1.40. The number of primary amides is 1. The molecule has 262 valence electrons. The molecule has 13 nitrogen and oxygen atoms in total. The standard InChI is InChI=1S/C16H23N2O3.C11H18O5.C6H6N2O.CH3.H2/c1-5-14-10(2)15(20-12(4)19)16(21-14)18-8-6-7-13(9-18)11(3)17;1-5-9-6(2)10(14-7(3)12)11(16-9)15-8(4)13;7-6(9)5-2-1-3-8-4-5;;/h6-10,14-16H,3,5,17H2,1-2,4H3;6,9-11H,5H2,1-4H3;1-4H,(H2,7,9);1H3;1H/q+1;;;-1;/t10-,14-,15-,16-;6-,9-,10-,11-;;;/m11.../s1/i;;;;1+1. The third-order valence-corrected chi connectivity index (χ3v) is 7.51. The first-order chi connectivity index (χ1) is 21.7. The van der Waals surface area contributed by atoms with Crippen LogP contribution in [0.25, 0.3) is 5.70 Å². The van der Waals surface area contributed by atoms with Gasteiger partial charge in [0.25, 0.3) is 0 Å². The Kier molecular flexibility index (Phi) is 16.7. The quantitative estimate of drug-likeness (QED) is 0.181. The molecule has 8 atom stereocenters. The molecule has 0 radical (unpaired) electrons. The Labute approximate surface area is 279 Å². The molecule has 4 heterocycles. The minimum Gasteiger partial charge on any atom is -0.455 e. The van der Waals surface area contributed by atoms with E-state index in [1.54, 1.807) is 18.3 Å². The number of carbonyl (C=O) groups excluding carboxylic acids is 4. The highest BCUT2D eigenvalue weighted by atomic mass is 16.7. The first-order valence-electron chi connectivity index (χ1n) is 15.2. The van der Waals surface area contributed by atoms with Gasteiger partial charge in [-0.2, -0.15) is 4.57 Å². The summed E-state index contributed by atoms with van der Waals surface area (Å²) in [5, 5.41) is 0. The Hall–Kier alpha value is -4.36. The van der Waals surface area contributed by atoms with Gasteiger partial charge in [0, 0.05) is 58.2 Å². The Morgan fingerprint density at radius 1 is 0.872 bits per heavy atom. The summed E-state index contributed by atoms with van der Waals surface area (Å²) in [4.78, 5) is 47.3. The normalized spacial score (nSPS) is 25.8. The number of carbonyl (C=O) groups is 4. The SMILES string of the molecule is C=C(N)c1ccc[n+]([C@@H]2O[C@H](CC)[C@@H](C)[C@H]2OC(C)=O)c1.CC[C@H]1O[C@@H](OC(C)=O)[C@H](OC(C)=O)[C@@H]1C.NC(=O)c1cccnc1.[2HH].[CH3-]. The number of amides is 1. The van der Waals surface area contributed by atoms with Crippen LogP contribution in [0.2, 0.25) is 0 Å². The fraction of sp³-hybridized carbons (Fsp3) is 0.500. The lowest BCUT2D eigenvalue weighted by Gasteiger charge is -2.19. The van der Waals surface area contributed by atoms with Crippen LogP contribution in [0.1, 0.15) is 84.9 Å². The van der Waals surface area contributed by atoms with Gasteiger partial charge in [0.1, 0.15) is 0 Å². The first kappa shape index (κ1) is 40.7. The Bertz CT molecular complexity index is 1350. The summed E-state index contributed by atoms with van der Waals surface area (Å²) >= 11 is 0. The molecule has 2 aromatic heterocycles. The van der Waals surface area contributed by atoms with Gasteiger partial charge in [0.15, 0.2) is 24.6 Å². The van der Waals surface area contributed by atoms with Gasteiger partial charge in [-0.05, 0) is 31.0 Å². The summed E-state index contributed by atoms with van der Waals surface area (Å²) in [6, 6.07) is 7.05. The Balaban J connectivity index is 0.000000726. The molecule has 2 aromatic rings. The lowest BCUT2D eigenvalue weighted by atomic mass is 9.98. The van der Waals surface area contributed by atoms with E-state index in [2.05, 4.69) is 18.5 Å². The van der Waals surface area contributed by atoms with Crippen molar-refractivity contribution in [1.29, 1.82) is 0 Å². The van der Waals surface area contributed by atoms with E-state index in [-0.39, 0.29) is 51.2 Å². The van der Waals surface area contributed by atoms with Crippen molar-refractivity contribution in [3.8, 4) is 0 Å². The highest BCUT2D eigenvalue weighted by Crippen LogP contribution is 2.35. The molecule has 0 aliphatic carbocycles. The van der Waals surface area contributed by atoms with Crippen LogP contribution in [0.15, 0.2) is 55.6 Å². The molecule has 0 spiro atoms. The van der Waals surface area contributed by atoms with Gasteiger partial charge in [-0.25, -0.2) is 0 Å². The third-order valence-electron chi connectivity index (χ3n) is 7.51. The number of hydrogen-bond acceptors (Lipinski definition) is 11. The van der Waals surface area contributed by atoms with E-state index in [1.165, 1.54) is 27.0 Å². The molecule has 2 aliphatic rings. The van der Waals surface area contributed by atoms with Gasteiger partial charge in [-0.3, -0.25) is 24.2 Å². The van der Waals surface area contributed by atoms with Crippen molar-refractivity contribution in [2.45, 2.75) is 98.2 Å². The molecule has 0 bridgehead atoms. The van der Waals surface area contributed by atoms with Gasteiger partial charge < -0.3 is 42.6 Å². The molecule has 4 N–H and O–H groups in total. The van der Waals surface area contributed by atoms with Crippen molar-refractivity contribution in [1.82, 2.24) is 4.98 Å². The van der Waals surface area contributed by atoms with Crippen LogP contribution in [0.4, 0.5) is 0 Å². The maximum absolute atomic E-state index is 11.4. The van der Waals surface area contributed by atoms with Gasteiger partial charge in [-0.15, -0.1) is 0 Å². The zero-order chi connectivity index (χ0) is 34.6. The molecule has 2 fully saturated rings. The van der Waals surface area contributed by atoms with Gasteiger partial charge in [0.2, 0.25) is 12.2 Å². The van der Waals surface area contributed by atoms with Crippen molar-refractivity contribution in [3.05, 3.63) is 74.2 Å².